The topological polar surface area (TPSA) is 83.4 Å². The molecule has 4 aromatic heterocycles. The average Bonchev–Trinajstić information content (AvgIpc) is 3.27. The van der Waals surface area contributed by atoms with Gasteiger partial charge in [-0.1, -0.05) is 6.92 Å². The monoisotopic (exact) mass is 381 g/mol. The molecule has 8 heteroatoms. The lowest BCUT2D eigenvalue weighted by Gasteiger charge is -2.20. The highest BCUT2D eigenvalue weighted by Crippen LogP contribution is 2.15. The van der Waals surface area contributed by atoms with E-state index >= 15 is 0 Å². The molecule has 27 heavy (non-hydrogen) atoms. The number of aromatic nitrogens is 4. The van der Waals surface area contributed by atoms with Crippen LogP contribution >= 0.6 is 11.3 Å². The van der Waals surface area contributed by atoms with E-state index in [1.165, 1.54) is 11.3 Å². The Hall–Kier alpha value is -3.00. The molecular formula is C19H19N5O2S. The zero-order valence-corrected chi connectivity index (χ0v) is 15.9. The quantitative estimate of drug-likeness (QED) is 0.576. The zero-order valence-electron chi connectivity index (χ0n) is 15.1. The number of pyridine rings is 1. The molecule has 7 nitrogen and oxygen atoms in total. The van der Waals surface area contributed by atoms with Crippen molar-refractivity contribution in [1.29, 1.82) is 0 Å². The van der Waals surface area contributed by atoms with Crippen molar-refractivity contribution in [2.75, 3.05) is 6.54 Å². The van der Waals surface area contributed by atoms with Crippen LogP contribution < -0.4 is 5.56 Å². The number of thiophene rings is 1. The normalized spacial score (nSPS) is 11.3. The molecular weight excluding hydrogens is 362 g/mol. The fourth-order valence-corrected chi connectivity index (χ4v) is 3.77. The fourth-order valence-electron chi connectivity index (χ4n) is 3.05. The van der Waals surface area contributed by atoms with Crippen LogP contribution in [0.3, 0.4) is 0 Å². The van der Waals surface area contributed by atoms with Crippen LogP contribution in [-0.2, 0) is 6.54 Å². The molecule has 0 radical (unpaired) electrons. The second-order valence-corrected chi connectivity index (χ2v) is 7.39. The number of nitrogens with zero attached hydrogens (tertiary/aromatic N) is 4. The van der Waals surface area contributed by atoms with Gasteiger partial charge in [0.05, 0.1) is 12.1 Å². The number of hydrogen-bond donors (Lipinski definition) is 1. The Morgan fingerprint density at radius 1 is 1.33 bits per heavy atom. The van der Waals surface area contributed by atoms with Crippen molar-refractivity contribution in [2.45, 2.75) is 26.8 Å². The highest BCUT2D eigenvalue weighted by atomic mass is 32.1. The summed E-state index contributed by atoms with van der Waals surface area (Å²) in [5.74, 6) is 0.304. The van der Waals surface area contributed by atoms with Gasteiger partial charge in [0.25, 0.3) is 11.5 Å². The Balaban J connectivity index is 1.65. The van der Waals surface area contributed by atoms with Crippen LogP contribution in [0.2, 0.25) is 0 Å². The molecule has 0 aromatic carbocycles. The minimum atomic E-state index is -0.175. The number of carbonyl (C=O) groups is 1. The standard InChI is InChI=1S/C19H19N5O2S/c1-3-6-24(11-15-20-13-5-8-27-17(13)18(25)22-15)19(26)14-10-23-7-4-12(2)9-16(23)21-14/h4-5,7-10H,3,6,11H2,1-2H3,(H,20,22,25). The van der Waals surface area contributed by atoms with E-state index in [0.717, 1.165) is 17.6 Å². The van der Waals surface area contributed by atoms with E-state index < -0.39 is 0 Å². The third kappa shape index (κ3) is 3.35. The maximum atomic E-state index is 13.0. The SMILES string of the molecule is CCCN(Cc1nc2ccsc2c(=O)[nH]1)C(=O)c1cn2ccc(C)cc2n1. The van der Waals surface area contributed by atoms with E-state index in [9.17, 15) is 9.59 Å². The summed E-state index contributed by atoms with van der Waals surface area (Å²) in [6.07, 6.45) is 4.42. The molecule has 0 aliphatic carbocycles. The number of nitrogens with one attached hydrogen (secondary N) is 1. The molecule has 0 bridgehead atoms. The van der Waals surface area contributed by atoms with Crippen LogP contribution in [0.1, 0.15) is 35.2 Å². The van der Waals surface area contributed by atoms with Gasteiger partial charge in [0.1, 0.15) is 21.9 Å². The number of fused-ring (bicyclic) bond motifs is 2. The summed E-state index contributed by atoms with van der Waals surface area (Å²) in [5.41, 5.74) is 2.69. The molecule has 4 aromatic rings. The van der Waals surface area contributed by atoms with E-state index in [1.54, 1.807) is 11.1 Å². The molecule has 1 amide bonds. The first-order valence-electron chi connectivity index (χ1n) is 8.76. The predicted octanol–water partition coefficient (Wildman–Crippen LogP) is 2.99. The molecule has 4 heterocycles. The lowest BCUT2D eigenvalue weighted by molar-refractivity contribution is 0.0733. The Morgan fingerprint density at radius 2 is 2.19 bits per heavy atom. The van der Waals surface area contributed by atoms with Crippen molar-refractivity contribution in [3.05, 3.63) is 63.4 Å². The molecule has 0 saturated heterocycles. The second-order valence-electron chi connectivity index (χ2n) is 6.47. The van der Waals surface area contributed by atoms with Crippen LogP contribution in [0, 0.1) is 6.92 Å². The predicted molar refractivity (Wildman–Crippen MR) is 105 cm³/mol. The maximum absolute atomic E-state index is 13.0. The zero-order chi connectivity index (χ0) is 19.0. The smallest absolute Gasteiger partial charge is 0.274 e. The van der Waals surface area contributed by atoms with Gasteiger partial charge in [-0.3, -0.25) is 9.59 Å². The maximum Gasteiger partial charge on any atom is 0.274 e. The summed E-state index contributed by atoms with van der Waals surface area (Å²) in [7, 11) is 0. The van der Waals surface area contributed by atoms with Gasteiger partial charge >= 0.3 is 0 Å². The van der Waals surface area contributed by atoms with E-state index in [2.05, 4.69) is 15.0 Å². The Labute approximate surface area is 159 Å². The Morgan fingerprint density at radius 3 is 3.00 bits per heavy atom. The lowest BCUT2D eigenvalue weighted by atomic mass is 10.3. The molecule has 0 atom stereocenters. The number of amides is 1. The van der Waals surface area contributed by atoms with E-state index in [4.69, 9.17) is 0 Å². The molecule has 0 spiro atoms. The van der Waals surface area contributed by atoms with Gasteiger partial charge in [0.15, 0.2) is 0 Å². The Bertz CT molecular complexity index is 1190. The van der Waals surface area contributed by atoms with Crippen LogP contribution in [0.25, 0.3) is 15.9 Å². The number of hydrogen-bond acceptors (Lipinski definition) is 5. The first-order valence-corrected chi connectivity index (χ1v) is 9.64. The number of imidazole rings is 1. The molecule has 0 unspecified atom stereocenters. The van der Waals surface area contributed by atoms with Crippen molar-refractivity contribution in [1.82, 2.24) is 24.3 Å². The van der Waals surface area contributed by atoms with Crippen LogP contribution in [0.15, 0.2) is 40.8 Å². The van der Waals surface area contributed by atoms with Gasteiger partial charge in [0, 0.05) is 18.9 Å². The minimum absolute atomic E-state index is 0.169. The van der Waals surface area contributed by atoms with Crippen molar-refractivity contribution in [3.8, 4) is 0 Å². The van der Waals surface area contributed by atoms with Crippen LogP contribution in [-0.4, -0.2) is 36.7 Å². The summed E-state index contributed by atoms with van der Waals surface area (Å²) in [6.45, 7) is 4.78. The largest absolute Gasteiger partial charge is 0.330 e. The molecule has 1 N–H and O–H groups in total. The van der Waals surface area contributed by atoms with Gasteiger partial charge in [0.2, 0.25) is 0 Å². The summed E-state index contributed by atoms with van der Waals surface area (Å²) in [6, 6.07) is 5.72. The highest BCUT2D eigenvalue weighted by Gasteiger charge is 2.20. The lowest BCUT2D eigenvalue weighted by Crippen LogP contribution is -2.33. The number of aromatic amines is 1. The van der Waals surface area contributed by atoms with Gasteiger partial charge in [-0.05, 0) is 42.5 Å². The van der Waals surface area contributed by atoms with Crippen LogP contribution in [0.5, 0.6) is 0 Å². The van der Waals surface area contributed by atoms with Gasteiger partial charge in [-0.2, -0.15) is 0 Å². The molecule has 4 rings (SSSR count). The van der Waals surface area contributed by atoms with E-state index in [0.29, 0.717) is 28.3 Å². The minimum Gasteiger partial charge on any atom is -0.330 e. The Kier molecular flexibility index (Phi) is 4.49. The third-order valence-corrected chi connectivity index (χ3v) is 5.22. The average molecular weight is 381 g/mol. The van der Waals surface area contributed by atoms with E-state index in [-0.39, 0.29) is 18.0 Å². The summed E-state index contributed by atoms with van der Waals surface area (Å²) in [5, 5.41) is 1.84. The van der Waals surface area contributed by atoms with Gasteiger partial charge in [-0.25, -0.2) is 9.97 Å². The number of carbonyl (C=O) groups excluding carboxylic acids is 1. The first kappa shape index (κ1) is 17.4. The van der Waals surface area contributed by atoms with Gasteiger partial charge < -0.3 is 14.3 Å². The van der Waals surface area contributed by atoms with Crippen molar-refractivity contribution < 1.29 is 4.79 Å². The summed E-state index contributed by atoms with van der Waals surface area (Å²) in [4.78, 5) is 38.6. The summed E-state index contributed by atoms with van der Waals surface area (Å²) >= 11 is 1.36. The van der Waals surface area contributed by atoms with Crippen molar-refractivity contribution in [3.63, 3.8) is 0 Å². The molecule has 0 saturated carbocycles. The second kappa shape index (κ2) is 6.96. The molecule has 0 aliphatic heterocycles. The number of aryl methyl sites for hydroxylation is 1. The van der Waals surface area contributed by atoms with Gasteiger partial charge in [-0.15, -0.1) is 11.3 Å². The number of rotatable bonds is 5. The van der Waals surface area contributed by atoms with Crippen LogP contribution in [0.4, 0.5) is 0 Å². The molecule has 0 fully saturated rings. The highest BCUT2D eigenvalue weighted by molar-refractivity contribution is 7.17. The number of H-pyrrole nitrogens is 1. The van der Waals surface area contributed by atoms with Crippen molar-refractivity contribution in [2.24, 2.45) is 0 Å². The fraction of sp³-hybridized carbons (Fsp3) is 0.263. The third-order valence-electron chi connectivity index (χ3n) is 4.32. The molecule has 0 aliphatic rings. The summed E-state index contributed by atoms with van der Waals surface area (Å²) < 4.78 is 2.44. The first-order chi connectivity index (χ1) is 13.0. The van der Waals surface area contributed by atoms with Crippen molar-refractivity contribution >= 4 is 33.1 Å². The molecule has 138 valence electrons. The van der Waals surface area contributed by atoms with E-state index in [1.807, 2.05) is 48.0 Å².